The standard InChI is InChI=1S/C23H22INO5S/c24-16-10-11-20(26)18(13-16)21(9-4-12-29-22(27)14-31)30-23(28)25-19-8-3-6-15-5-1-2-7-17(15)19/h1-3,5-8,10-11,13,21,26,31H,4,9,12,14H2,(H,25,28)/t21-/m0/s1. The fourth-order valence-electron chi connectivity index (χ4n) is 3.16. The van der Waals surface area contributed by atoms with Crippen LogP contribution in [0.4, 0.5) is 10.5 Å². The molecule has 31 heavy (non-hydrogen) atoms. The Hall–Kier alpha value is -2.46. The van der Waals surface area contributed by atoms with E-state index in [2.05, 4.69) is 40.5 Å². The number of thiol groups is 1. The fraction of sp³-hybridized carbons (Fsp3) is 0.217. The van der Waals surface area contributed by atoms with Crippen molar-refractivity contribution >= 4 is 63.7 Å². The van der Waals surface area contributed by atoms with Crippen LogP contribution in [-0.4, -0.2) is 29.5 Å². The van der Waals surface area contributed by atoms with Crippen LogP contribution in [0, 0.1) is 3.57 Å². The van der Waals surface area contributed by atoms with Crippen LogP contribution in [0.2, 0.25) is 0 Å². The van der Waals surface area contributed by atoms with Crippen molar-refractivity contribution in [3.8, 4) is 5.75 Å². The Balaban J connectivity index is 1.74. The largest absolute Gasteiger partial charge is 0.508 e. The van der Waals surface area contributed by atoms with Crippen molar-refractivity contribution in [3.05, 3.63) is 69.8 Å². The molecule has 0 radical (unpaired) electrons. The average Bonchev–Trinajstić information content (AvgIpc) is 2.77. The van der Waals surface area contributed by atoms with Gasteiger partial charge in [-0.3, -0.25) is 10.1 Å². The van der Waals surface area contributed by atoms with Gasteiger partial charge in [-0.15, -0.1) is 0 Å². The van der Waals surface area contributed by atoms with E-state index in [1.165, 1.54) is 0 Å². The van der Waals surface area contributed by atoms with Crippen LogP contribution < -0.4 is 5.32 Å². The Bertz CT molecular complexity index is 1070. The van der Waals surface area contributed by atoms with Gasteiger partial charge < -0.3 is 14.6 Å². The minimum atomic E-state index is -0.709. The molecule has 0 saturated heterocycles. The number of anilines is 1. The number of amides is 1. The van der Waals surface area contributed by atoms with Crippen molar-refractivity contribution in [1.29, 1.82) is 0 Å². The van der Waals surface area contributed by atoms with Gasteiger partial charge in [0.1, 0.15) is 11.9 Å². The van der Waals surface area contributed by atoms with Crippen LogP contribution in [0.1, 0.15) is 24.5 Å². The molecular weight excluding hydrogens is 529 g/mol. The van der Waals surface area contributed by atoms with Crippen molar-refractivity contribution in [2.24, 2.45) is 0 Å². The summed E-state index contributed by atoms with van der Waals surface area (Å²) >= 11 is 6.00. The van der Waals surface area contributed by atoms with E-state index >= 15 is 0 Å². The number of benzene rings is 3. The van der Waals surface area contributed by atoms with Gasteiger partial charge in [-0.1, -0.05) is 36.4 Å². The highest BCUT2D eigenvalue weighted by molar-refractivity contribution is 14.1. The number of aromatic hydroxyl groups is 1. The lowest BCUT2D eigenvalue weighted by molar-refractivity contribution is -0.140. The van der Waals surface area contributed by atoms with Crippen molar-refractivity contribution in [3.63, 3.8) is 0 Å². The maximum absolute atomic E-state index is 12.7. The van der Waals surface area contributed by atoms with Gasteiger partial charge in [0.2, 0.25) is 0 Å². The molecule has 0 aliphatic rings. The van der Waals surface area contributed by atoms with Crippen molar-refractivity contribution in [2.75, 3.05) is 17.7 Å². The molecule has 0 spiro atoms. The summed E-state index contributed by atoms with van der Waals surface area (Å²) in [6.45, 7) is 0.175. The van der Waals surface area contributed by atoms with E-state index in [0.29, 0.717) is 24.1 Å². The predicted octanol–water partition coefficient (Wildman–Crippen LogP) is 5.69. The normalized spacial score (nSPS) is 11.7. The Morgan fingerprint density at radius 2 is 1.87 bits per heavy atom. The monoisotopic (exact) mass is 551 g/mol. The molecule has 0 aliphatic heterocycles. The first-order valence-electron chi connectivity index (χ1n) is 9.68. The number of rotatable bonds is 8. The topological polar surface area (TPSA) is 84.9 Å². The minimum absolute atomic E-state index is 0.00500. The van der Waals surface area contributed by atoms with Gasteiger partial charge in [-0.25, -0.2) is 4.79 Å². The van der Waals surface area contributed by atoms with E-state index in [-0.39, 0.29) is 18.1 Å². The lowest BCUT2D eigenvalue weighted by Gasteiger charge is -2.20. The lowest BCUT2D eigenvalue weighted by atomic mass is 10.0. The number of hydrogen-bond donors (Lipinski definition) is 3. The first-order chi connectivity index (χ1) is 15.0. The zero-order valence-electron chi connectivity index (χ0n) is 16.6. The summed E-state index contributed by atoms with van der Waals surface area (Å²) in [7, 11) is 0. The van der Waals surface area contributed by atoms with Gasteiger partial charge in [0.15, 0.2) is 0 Å². The van der Waals surface area contributed by atoms with Gasteiger partial charge in [0.05, 0.1) is 18.0 Å². The number of fused-ring (bicyclic) bond motifs is 1. The third-order valence-electron chi connectivity index (χ3n) is 4.61. The zero-order valence-corrected chi connectivity index (χ0v) is 19.6. The molecule has 0 bridgehead atoms. The van der Waals surface area contributed by atoms with E-state index in [0.717, 1.165) is 14.3 Å². The molecule has 1 amide bonds. The van der Waals surface area contributed by atoms with E-state index in [1.54, 1.807) is 24.3 Å². The second-order valence-corrected chi connectivity index (χ2v) is 8.33. The van der Waals surface area contributed by atoms with Crippen LogP contribution in [0.15, 0.2) is 60.7 Å². The molecule has 3 aromatic carbocycles. The molecule has 0 fully saturated rings. The first-order valence-corrected chi connectivity index (χ1v) is 11.4. The van der Waals surface area contributed by atoms with E-state index in [1.807, 2.05) is 36.4 Å². The van der Waals surface area contributed by atoms with Gasteiger partial charge >= 0.3 is 12.1 Å². The van der Waals surface area contributed by atoms with Crippen LogP contribution in [-0.2, 0) is 14.3 Å². The second-order valence-electron chi connectivity index (χ2n) is 6.77. The van der Waals surface area contributed by atoms with E-state index in [4.69, 9.17) is 9.47 Å². The second kappa shape index (κ2) is 11.2. The summed E-state index contributed by atoms with van der Waals surface area (Å²) in [4.78, 5) is 24.0. The smallest absolute Gasteiger partial charge is 0.412 e. The molecule has 0 heterocycles. The highest BCUT2D eigenvalue weighted by atomic mass is 127. The zero-order chi connectivity index (χ0) is 22.2. The average molecular weight is 551 g/mol. The molecule has 3 aromatic rings. The maximum atomic E-state index is 12.7. The number of esters is 1. The number of halogens is 1. The third kappa shape index (κ3) is 6.51. The van der Waals surface area contributed by atoms with Gasteiger partial charge in [0.25, 0.3) is 0 Å². The van der Waals surface area contributed by atoms with Crippen LogP contribution >= 0.6 is 35.2 Å². The molecule has 2 N–H and O–H groups in total. The van der Waals surface area contributed by atoms with Crippen LogP contribution in [0.25, 0.3) is 10.8 Å². The Morgan fingerprint density at radius 3 is 2.68 bits per heavy atom. The Kier molecular flexibility index (Phi) is 8.42. The third-order valence-corrected chi connectivity index (χ3v) is 5.54. The quantitative estimate of drug-likeness (QED) is 0.145. The van der Waals surface area contributed by atoms with E-state index in [9.17, 15) is 14.7 Å². The fourth-order valence-corrected chi connectivity index (χ4v) is 3.77. The molecule has 3 rings (SSSR count). The van der Waals surface area contributed by atoms with Crippen LogP contribution in [0.5, 0.6) is 5.75 Å². The molecular formula is C23H22INO5S. The molecule has 0 unspecified atom stereocenters. The molecule has 162 valence electrons. The summed E-state index contributed by atoms with van der Waals surface area (Å²) in [6, 6.07) is 18.4. The number of nitrogens with one attached hydrogen (secondary N) is 1. The van der Waals surface area contributed by atoms with Gasteiger partial charge in [-0.05, 0) is 65.1 Å². The van der Waals surface area contributed by atoms with E-state index < -0.39 is 18.2 Å². The summed E-state index contributed by atoms with van der Waals surface area (Å²) in [5, 5.41) is 15.0. The number of ether oxygens (including phenoxy) is 2. The number of carbonyl (C=O) groups is 2. The van der Waals surface area contributed by atoms with Gasteiger partial charge in [-0.2, -0.15) is 12.6 Å². The number of phenolic OH excluding ortho intramolecular Hbond substituents is 1. The Morgan fingerprint density at radius 1 is 1.10 bits per heavy atom. The molecule has 6 nitrogen and oxygen atoms in total. The van der Waals surface area contributed by atoms with Crippen molar-refractivity contribution in [1.82, 2.24) is 0 Å². The Labute approximate surface area is 199 Å². The molecule has 0 saturated carbocycles. The SMILES string of the molecule is O=C(CS)OCCC[C@H](OC(=O)Nc1cccc2ccccc12)c1cc(I)ccc1O. The molecule has 8 heteroatoms. The number of carbonyl (C=O) groups excluding carboxylic acids is 2. The number of hydrogen-bond acceptors (Lipinski definition) is 6. The molecule has 0 aliphatic carbocycles. The van der Waals surface area contributed by atoms with Crippen LogP contribution in [0.3, 0.4) is 0 Å². The summed E-state index contributed by atoms with van der Waals surface area (Å²) in [5.74, 6) is -0.368. The highest BCUT2D eigenvalue weighted by Crippen LogP contribution is 2.32. The van der Waals surface area contributed by atoms with Crippen molar-refractivity contribution in [2.45, 2.75) is 18.9 Å². The van der Waals surface area contributed by atoms with Crippen molar-refractivity contribution < 1.29 is 24.2 Å². The first kappa shape index (κ1) is 23.2. The molecule has 1 atom stereocenters. The summed E-state index contributed by atoms with van der Waals surface area (Å²) in [5.41, 5.74) is 1.14. The van der Waals surface area contributed by atoms with Gasteiger partial charge in [0, 0.05) is 14.5 Å². The number of phenols is 1. The molecule has 0 aromatic heterocycles. The predicted molar refractivity (Wildman–Crippen MR) is 132 cm³/mol. The lowest BCUT2D eigenvalue weighted by Crippen LogP contribution is -2.18. The highest BCUT2D eigenvalue weighted by Gasteiger charge is 2.21. The minimum Gasteiger partial charge on any atom is -0.508 e. The summed E-state index contributed by atoms with van der Waals surface area (Å²) < 4.78 is 11.6. The maximum Gasteiger partial charge on any atom is 0.412 e. The summed E-state index contributed by atoms with van der Waals surface area (Å²) in [6.07, 6.45) is -0.515.